The molecule has 3 aromatic rings. The summed E-state index contributed by atoms with van der Waals surface area (Å²) >= 11 is 0. The molecule has 1 fully saturated rings. The van der Waals surface area contributed by atoms with E-state index in [0.717, 1.165) is 41.6 Å². The minimum atomic E-state index is -0.413. The maximum Gasteiger partial charge on any atom is 0.165 e. The van der Waals surface area contributed by atoms with Gasteiger partial charge in [0.2, 0.25) is 0 Å². The van der Waals surface area contributed by atoms with Crippen molar-refractivity contribution in [2.45, 2.75) is 31.6 Å². The molecule has 0 spiro atoms. The topological polar surface area (TPSA) is 78.9 Å². The Morgan fingerprint density at radius 3 is 2.76 bits per heavy atom. The first kappa shape index (κ1) is 17.9. The second-order valence-corrected chi connectivity index (χ2v) is 8.13. The smallest absolute Gasteiger partial charge is 0.165 e. The highest BCUT2D eigenvalue weighted by Crippen LogP contribution is 2.56. The quantitative estimate of drug-likeness (QED) is 0.507. The highest BCUT2D eigenvalue weighted by Gasteiger charge is 2.55. The lowest BCUT2D eigenvalue weighted by Crippen LogP contribution is -2.50. The van der Waals surface area contributed by atoms with Crippen LogP contribution < -0.4 is 0 Å². The summed E-state index contributed by atoms with van der Waals surface area (Å²) in [6.45, 7) is 2.00. The van der Waals surface area contributed by atoms with Gasteiger partial charge in [-0.25, -0.2) is 0 Å². The minimum Gasteiger partial charge on any atom is -0.515 e. The summed E-state index contributed by atoms with van der Waals surface area (Å²) in [6.07, 6.45) is 6.85. The summed E-state index contributed by atoms with van der Waals surface area (Å²) in [5.41, 5.74) is 5.42. The Labute approximate surface area is 169 Å². The Kier molecular flexibility index (Phi) is 4.12. The molecule has 0 radical (unpaired) electrons. The number of aliphatic hydroxyl groups excluding tert-OH is 1. The van der Waals surface area contributed by atoms with Crippen molar-refractivity contribution in [2.24, 2.45) is 11.8 Å². The molecule has 0 amide bonds. The molecule has 1 aromatic carbocycles. The Morgan fingerprint density at radius 1 is 1.21 bits per heavy atom. The van der Waals surface area contributed by atoms with Crippen molar-refractivity contribution in [2.75, 3.05) is 0 Å². The molecule has 2 N–H and O–H groups in total. The van der Waals surface area contributed by atoms with Gasteiger partial charge in [-0.1, -0.05) is 37.3 Å². The van der Waals surface area contributed by atoms with Crippen LogP contribution in [0, 0.1) is 11.8 Å². The number of aromatic amines is 1. The number of rotatable bonds is 2. The third-order valence-corrected chi connectivity index (χ3v) is 6.83. The number of Topliss-reactive ketones (excluding diaryl/α,β-unsaturated/α-hetero) is 1. The van der Waals surface area contributed by atoms with Crippen LogP contribution >= 0.6 is 0 Å². The lowest BCUT2D eigenvalue weighted by atomic mass is 9.52. The van der Waals surface area contributed by atoms with Gasteiger partial charge in [0.1, 0.15) is 0 Å². The molecule has 2 aromatic heterocycles. The summed E-state index contributed by atoms with van der Waals surface area (Å²) in [7, 11) is 0. The third-order valence-electron chi connectivity index (χ3n) is 6.83. The molecule has 2 aliphatic rings. The van der Waals surface area contributed by atoms with E-state index in [0.29, 0.717) is 12.0 Å². The maximum absolute atomic E-state index is 12.9. The van der Waals surface area contributed by atoms with Gasteiger partial charge >= 0.3 is 0 Å². The Morgan fingerprint density at radius 2 is 2.03 bits per heavy atom. The number of aromatic nitrogens is 3. The lowest BCUT2D eigenvalue weighted by Gasteiger charge is -2.50. The standard InChI is InChI=1S/C24H23N3O2/c1-15-20-10-9-19-21(16-6-5-11-25-13-16)26-27-23(19)24(20,12-17(14-28)22(15)29)18-7-3-2-4-8-18/h2-8,11,13-15,20,28H,9-10,12H2,1H3,(H,26,27)/b17-14-/t15-,20-,24+/m0/s1. The lowest BCUT2D eigenvalue weighted by molar-refractivity contribution is -0.123. The van der Waals surface area contributed by atoms with Crippen LogP contribution in [0.4, 0.5) is 0 Å². The summed E-state index contributed by atoms with van der Waals surface area (Å²) in [5.74, 6) is 0.0379. The number of nitrogens with one attached hydrogen (secondary N) is 1. The third kappa shape index (κ3) is 2.50. The fourth-order valence-corrected chi connectivity index (χ4v) is 5.52. The monoisotopic (exact) mass is 385 g/mol. The first-order chi connectivity index (χ1) is 14.2. The molecular weight excluding hydrogens is 362 g/mol. The molecule has 2 heterocycles. The van der Waals surface area contributed by atoms with Crippen LogP contribution in [0.15, 0.2) is 66.7 Å². The number of benzene rings is 1. The molecule has 0 aliphatic heterocycles. The van der Waals surface area contributed by atoms with Gasteiger partial charge in [0.25, 0.3) is 0 Å². The van der Waals surface area contributed by atoms with Crippen LogP contribution in [0.5, 0.6) is 0 Å². The molecule has 1 saturated carbocycles. The van der Waals surface area contributed by atoms with Gasteiger partial charge in [0, 0.05) is 40.4 Å². The molecule has 29 heavy (non-hydrogen) atoms. The molecule has 5 rings (SSSR count). The molecule has 5 heteroatoms. The second-order valence-electron chi connectivity index (χ2n) is 8.13. The first-order valence-corrected chi connectivity index (χ1v) is 10.1. The number of aliphatic hydroxyl groups is 1. The zero-order valence-corrected chi connectivity index (χ0v) is 16.3. The number of hydrogen-bond acceptors (Lipinski definition) is 4. The predicted molar refractivity (Wildman–Crippen MR) is 110 cm³/mol. The first-order valence-electron chi connectivity index (χ1n) is 10.1. The number of ketones is 1. The van der Waals surface area contributed by atoms with E-state index in [-0.39, 0.29) is 17.6 Å². The number of carbonyl (C=O) groups is 1. The van der Waals surface area contributed by atoms with Crippen molar-refractivity contribution < 1.29 is 9.90 Å². The number of hydrogen-bond donors (Lipinski definition) is 2. The van der Waals surface area contributed by atoms with Gasteiger partial charge in [0.15, 0.2) is 5.78 Å². The van der Waals surface area contributed by atoms with Crippen LogP contribution in [0.3, 0.4) is 0 Å². The van der Waals surface area contributed by atoms with Gasteiger partial charge in [-0.3, -0.25) is 14.9 Å². The predicted octanol–water partition coefficient (Wildman–Crippen LogP) is 4.37. The van der Waals surface area contributed by atoms with E-state index >= 15 is 0 Å². The average molecular weight is 385 g/mol. The highest BCUT2D eigenvalue weighted by molar-refractivity contribution is 5.98. The molecular formula is C24H23N3O2. The molecule has 0 unspecified atom stereocenters. The van der Waals surface area contributed by atoms with Gasteiger partial charge in [-0.05, 0) is 42.9 Å². The maximum atomic E-state index is 12.9. The number of fused-ring (bicyclic) bond motifs is 3. The molecule has 0 bridgehead atoms. The van der Waals surface area contributed by atoms with E-state index in [1.165, 1.54) is 5.56 Å². The van der Waals surface area contributed by atoms with Crippen molar-refractivity contribution in [3.8, 4) is 11.3 Å². The van der Waals surface area contributed by atoms with E-state index in [2.05, 4.69) is 22.2 Å². The van der Waals surface area contributed by atoms with Crippen molar-refractivity contribution in [3.05, 3.63) is 83.5 Å². The number of allylic oxidation sites excluding steroid dienone is 1. The van der Waals surface area contributed by atoms with Gasteiger partial charge in [-0.2, -0.15) is 5.10 Å². The summed E-state index contributed by atoms with van der Waals surface area (Å²) in [5, 5.41) is 17.9. The van der Waals surface area contributed by atoms with Gasteiger partial charge in [-0.15, -0.1) is 0 Å². The fraction of sp³-hybridized carbons (Fsp3) is 0.292. The van der Waals surface area contributed by atoms with Crippen LogP contribution in [-0.4, -0.2) is 26.1 Å². The van der Waals surface area contributed by atoms with Gasteiger partial charge in [0.05, 0.1) is 17.6 Å². The van der Waals surface area contributed by atoms with Crippen molar-refractivity contribution in [3.63, 3.8) is 0 Å². The van der Waals surface area contributed by atoms with E-state index < -0.39 is 5.41 Å². The zero-order valence-electron chi connectivity index (χ0n) is 16.3. The molecule has 2 aliphatic carbocycles. The second kappa shape index (κ2) is 6.69. The SMILES string of the molecule is C[C@@H]1C(=O)/C(=C\O)C[C@]2(c3ccccc3)c3[nH]nc(-c4cccnc4)c3CC[C@@H]12. The molecule has 0 saturated heterocycles. The molecule has 3 atom stereocenters. The zero-order chi connectivity index (χ0) is 20.0. The highest BCUT2D eigenvalue weighted by atomic mass is 16.2. The normalized spacial score (nSPS) is 27.5. The average Bonchev–Trinajstić information content (AvgIpc) is 3.22. The largest absolute Gasteiger partial charge is 0.515 e. The van der Waals surface area contributed by atoms with E-state index in [4.69, 9.17) is 5.10 Å². The van der Waals surface area contributed by atoms with Crippen LogP contribution in [0.1, 0.15) is 36.6 Å². The van der Waals surface area contributed by atoms with E-state index in [1.807, 2.05) is 43.5 Å². The summed E-state index contributed by atoms with van der Waals surface area (Å²) in [4.78, 5) is 17.1. The van der Waals surface area contributed by atoms with Crippen LogP contribution in [0.25, 0.3) is 11.3 Å². The Balaban J connectivity index is 1.77. The number of nitrogens with zero attached hydrogens (tertiary/aromatic N) is 2. The van der Waals surface area contributed by atoms with E-state index in [9.17, 15) is 9.90 Å². The number of H-pyrrole nitrogens is 1. The number of carbonyl (C=O) groups excluding carboxylic acids is 1. The van der Waals surface area contributed by atoms with Crippen molar-refractivity contribution in [1.82, 2.24) is 15.2 Å². The van der Waals surface area contributed by atoms with Gasteiger partial charge < -0.3 is 5.11 Å². The Bertz CT molecular complexity index is 1090. The number of pyridine rings is 1. The summed E-state index contributed by atoms with van der Waals surface area (Å²) in [6, 6.07) is 14.3. The summed E-state index contributed by atoms with van der Waals surface area (Å²) < 4.78 is 0. The van der Waals surface area contributed by atoms with Crippen LogP contribution in [-0.2, 0) is 16.6 Å². The molecule has 146 valence electrons. The van der Waals surface area contributed by atoms with E-state index in [1.54, 1.807) is 6.20 Å². The van der Waals surface area contributed by atoms with Crippen molar-refractivity contribution >= 4 is 5.78 Å². The van der Waals surface area contributed by atoms with Crippen LogP contribution in [0.2, 0.25) is 0 Å². The fourth-order valence-electron chi connectivity index (χ4n) is 5.52. The Hall–Kier alpha value is -3.21. The molecule has 5 nitrogen and oxygen atoms in total. The van der Waals surface area contributed by atoms with Crippen molar-refractivity contribution in [1.29, 1.82) is 0 Å². The minimum absolute atomic E-state index is 0.0551.